The quantitative estimate of drug-likeness (QED) is 0.645. The van der Waals surface area contributed by atoms with Gasteiger partial charge in [0.05, 0.1) is 11.3 Å². The molecule has 21 heavy (non-hydrogen) atoms. The van der Waals surface area contributed by atoms with Crippen LogP contribution in [0.3, 0.4) is 0 Å². The zero-order valence-electron chi connectivity index (χ0n) is 12.2. The molecule has 3 nitrogen and oxygen atoms in total. The van der Waals surface area contributed by atoms with E-state index in [9.17, 15) is 9.90 Å². The number of carbonyl (C=O) groups excluding carboxylic acids is 1. The molecule has 3 rings (SSSR count). The van der Waals surface area contributed by atoms with Gasteiger partial charge in [-0.2, -0.15) is 0 Å². The first kappa shape index (κ1) is 13.9. The Morgan fingerprint density at radius 1 is 1.24 bits per heavy atom. The number of rotatable bonds is 1. The van der Waals surface area contributed by atoms with Crippen molar-refractivity contribution >= 4 is 17.2 Å². The highest BCUT2D eigenvalue weighted by atomic mass is 16.3. The lowest BCUT2D eigenvalue weighted by Gasteiger charge is -2.26. The average Bonchev–Trinajstić information content (AvgIpc) is 2.78. The Bertz CT molecular complexity index is 740. The summed E-state index contributed by atoms with van der Waals surface area (Å²) >= 11 is 0. The molecule has 1 aromatic carbocycles. The monoisotopic (exact) mass is 281 g/mol. The molecule has 0 amide bonds. The van der Waals surface area contributed by atoms with Crippen molar-refractivity contribution in [1.29, 1.82) is 0 Å². The summed E-state index contributed by atoms with van der Waals surface area (Å²) < 4.78 is 1.86. The molecule has 0 bridgehead atoms. The lowest BCUT2D eigenvalue weighted by atomic mass is 9.85. The van der Waals surface area contributed by atoms with Crippen LogP contribution < -0.4 is 0 Å². The first-order valence-corrected chi connectivity index (χ1v) is 7.43. The predicted molar refractivity (Wildman–Crippen MR) is 83.2 cm³/mol. The first-order valence-electron chi connectivity index (χ1n) is 7.43. The van der Waals surface area contributed by atoms with Crippen molar-refractivity contribution in [2.75, 3.05) is 0 Å². The van der Waals surface area contributed by atoms with E-state index in [1.54, 1.807) is 0 Å². The van der Waals surface area contributed by atoms with E-state index in [2.05, 4.69) is 11.8 Å². The number of aromatic nitrogens is 1. The molecule has 1 aliphatic carbocycles. The summed E-state index contributed by atoms with van der Waals surface area (Å²) in [6, 6.07) is 7.83. The Kier molecular flexibility index (Phi) is 3.57. The number of aryl methyl sites for hydroxylation is 1. The zero-order valence-corrected chi connectivity index (χ0v) is 12.2. The van der Waals surface area contributed by atoms with Gasteiger partial charge in [-0.15, -0.1) is 0 Å². The molecule has 1 heterocycles. The Hall–Kier alpha value is -2.05. The van der Waals surface area contributed by atoms with Gasteiger partial charge in [0.2, 0.25) is 0 Å². The summed E-state index contributed by atoms with van der Waals surface area (Å²) in [4.78, 5) is 11.4. The Labute approximate surface area is 124 Å². The van der Waals surface area contributed by atoms with E-state index in [0.717, 1.165) is 54.9 Å². The highest BCUT2D eigenvalue weighted by Gasteiger charge is 2.26. The van der Waals surface area contributed by atoms with E-state index >= 15 is 0 Å². The summed E-state index contributed by atoms with van der Waals surface area (Å²) in [6.45, 7) is 0. The molecule has 2 aromatic rings. The van der Waals surface area contributed by atoms with Crippen molar-refractivity contribution in [3.8, 4) is 11.8 Å². The van der Waals surface area contributed by atoms with Gasteiger partial charge in [0.25, 0.3) is 0 Å². The van der Waals surface area contributed by atoms with Crippen LogP contribution in [-0.4, -0.2) is 21.6 Å². The maximum atomic E-state index is 11.4. The molecule has 0 spiro atoms. The molecule has 108 valence electrons. The minimum absolute atomic E-state index is 0.572. The molecule has 1 fully saturated rings. The Morgan fingerprint density at radius 3 is 2.67 bits per heavy atom. The molecule has 1 saturated carbocycles. The number of hydrogen-bond acceptors (Lipinski definition) is 2. The molecular formula is C18H19NO2. The van der Waals surface area contributed by atoms with Gasteiger partial charge >= 0.3 is 0 Å². The van der Waals surface area contributed by atoms with Crippen molar-refractivity contribution in [3.05, 3.63) is 35.5 Å². The zero-order chi connectivity index (χ0) is 14.9. The molecule has 0 aliphatic heterocycles. The van der Waals surface area contributed by atoms with Crippen LogP contribution >= 0.6 is 0 Å². The van der Waals surface area contributed by atoms with Gasteiger partial charge < -0.3 is 9.67 Å². The fourth-order valence-electron chi connectivity index (χ4n) is 3.12. The summed E-state index contributed by atoms with van der Waals surface area (Å²) in [5.74, 6) is 6.11. The summed E-state index contributed by atoms with van der Waals surface area (Å²) in [5, 5.41) is 11.5. The lowest BCUT2D eigenvalue weighted by Crippen LogP contribution is -2.29. The molecular weight excluding hydrogens is 262 g/mol. The molecule has 0 atom stereocenters. The number of hydrogen-bond donors (Lipinski definition) is 1. The maximum absolute atomic E-state index is 11.4. The van der Waals surface area contributed by atoms with E-state index in [4.69, 9.17) is 0 Å². The minimum Gasteiger partial charge on any atom is -0.378 e. The average molecular weight is 281 g/mol. The van der Waals surface area contributed by atoms with Crippen LogP contribution in [0.15, 0.2) is 24.3 Å². The van der Waals surface area contributed by atoms with Crippen LogP contribution in [0.1, 0.15) is 48.2 Å². The lowest BCUT2D eigenvalue weighted by molar-refractivity contribution is 0.0610. The number of carbonyl (C=O) groups is 1. The Morgan fingerprint density at radius 2 is 1.95 bits per heavy atom. The number of fused-ring (bicyclic) bond motifs is 1. The summed E-state index contributed by atoms with van der Waals surface area (Å²) in [5.41, 5.74) is 1.39. The number of aliphatic hydroxyl groups is 1. The molecule has 1 N–H and O–H groups in total. The topological polar surface area (TPSA) is 42.2 Å². The molecule has 1 aromatic heterocycles. The number of benzene rings is 1. The van der Waals surface area contributed by atoms with Crippen LogP contribution in [0, 0.1) is 11.8 Å². The third kappa shape index (κ3) is 2.48. The van der Waals surface area contributed by atoms with Gasteiger partial charge in [0, 0.05) is 18.0 Å². The number of para-hydroxylation sites is 1. The second-order valence-corrected chi connectivity index (χ2v) is 5.80. The highest BCUT2D eigenvalue weighted by molar-refractivity contribution is 5.95. The minimum atomic E-state index is -0.894. The first-order chi connectivity index (χ1) is 10.1. The number of aldehydes is 1. The summed E-state index contributed by atoms with van der Waals surface area (Å²) in [6.07, 6.45) is 5.48. The third-order valence-corrected chi connectivity index (χ3v) is 4.36. The van der Waals surface area contributed by atoms with Gasteiger partial charge in [0.1, 0.15) is 5.60 Å². The van der Waals surface area contributed by atoms with E-state index in [0.29, 0.717) is 5.69 Å². The van der Waals surface area contributed by atoms with Crippen LogP contribution in [0.5, 0.6) is 0 Å². The second kappa shape index (κ2) is 5.38. The van der Waals surface area contributed by atoms with Crippen molar-refractivity contribution in [1.82, 2.24) is 4.57 Å². The highest BCUT2D eigenvalue weighted by Crippen LogP contribution is 2.28. The van der Waals surface area contributed by atoms with E-state index in [1.807, 2.05) is 35.9 Å². The van der Waals surface area contributed by atoms with Gasteiger partial charge in [0.15, 0.2) is 6.29 Å². The molecule has 0 radical (unpaired) electrons. The van der Waals surface area contributed by atoms with Crippen molar-refractivity contribution in [3.63, 3.8) is 0 Å². The van der Waals surface area contributed by atoms with Gasteiger partial charge in [-0.1, -0.05) is 36.5 Å². The predicted octanol–water partition coefficient (Wildman–Crippen LogP) is 3.04. The normalized spacial score (nSPS) is 17.2. The van der Waals surface area contributed by atoms with Gasteiger partial charge in [-0.05, 0) is 31.7 Å². The molecule has 0 saturated heterocycles. The van der Waals surface area contributed by atoms with Crippen molar-refractivity contribution in [2.24, 2.45) is 7.05 Å². The molecule has 1 aliphatic rings. The fraction of sp³-hybridized carbons (Fsp3) is 0.389. The second-order valence-electron chi connectivity index (χ2n) is 5.80. The largest absolute Gasteiger partial charge is 0.378 e. The standard InChI is InChI=1S/C18H19NO2/c1-19-16-8-4-3-7-14(16)15(17(19)13-20)9-12-18(21)10-5-2-6-11-18/h3-4,7-8,13,21H,2,5-6,10-11H2,1H3. The van der Waals surface area contributed by atoms with E-state index < -0.39 is 5.60 Å². The fourth-order valence-corrected chi connectivity index (χ4v) is 3.12. The maximum Gasteiger partial charge on any atom is 0.167 e. The van der Waals surface area contributed by atoms with Crippen molar-refractivity contribution in [2.45, 2.75) is 37.7 Å². The number of nitrogens with zero attached hydrogens (tertiary/aromatic N) is 1. The Balaban J connectivity index is 2.11. The van der Waals surface area contributed by atoms with Crippen LogP contribution in [0.2, 0.25) is 0 Å². The SMILES string of the molecule is Cn1c(C=O)c(C#CC2(O)CCCCC2)c2ccccc21. The van der Waals surface area contributed by atoms with Gasteiger partial charge in [-0.25, -0.2) is 0 Å². The summed E-state index contributed by atoms with van der Waals surface area (Å²) in [7, 11) is 1.87. The molecule has 3 heteroatoms. The van der Waals surface area contributed by atoms with Crippen LogP contribution in [0.25, 0.3) is 10.9 Å². The van der Waals surface area contributed by atoms with Crippen molar-refractivity contribution < 1.29 is 9.90 Å². The molecule has 0 unspecified atom stereocenters. The van der Waals surface area contributed by atoms with Gasteiger partial charge in [-0.3, -0.25) is 4.79 Å². The van der Waals surface area contributed by atoms with E-state index in [-0.39, 0.29) is 0 Å². The van der Waals surface area contributed by atoms with Crippen LogP contribution in [-0.2, 0) is 7.05 Å². The van der Waals surface area contributed by atoms with Crippen LogP contribution in [0.4, 0.5) is 0 Å². The smallest absolute Gasteiger partial charge is 0.167 e. The third-order valence-electron chi connectivity index (χ3n) is 4.36. The van der Waals surface area contributed by atoms with E-state index in [1.165, 1.54) is 0 Å².